The summed E-state index contributed by atoms with van der Waals surface area (Å²) in [6, 6.07) is 7.23. The van der Waals surface area contributed by atoms with Gasteiger partial charge in [-0.2, -0.15) is 0 Å². The average Bonchev–Trinajstić information content (AvgIpc) is 2.39. The average molecular weight is 297 g/mol. The van der Waals surface area contributed by atoms with Crippen LogP contribution in [0.15, 0.2) is 24.3 Å². The lowest BCUT2D eigenvalue weighted by molar-refractivity contribution is -0.124. The second-order valence-corrected chi connectivity index (χ2v) is 5.63. The highest BCUT2D eigenvalue weighted by Gasteiger charge is 2.21. The summed E-state index contributed by atoms with van der Waals surface area (Å²) in [5.74, 6) is 0.132. The molecular formula is C14H17ClN2OS. The SMILES string of the molecule is O=C(NC(=S)Nc1cccc(Cl)c1)C1CCCCC1. The van der Waals surface area contributed by atoms with Gasteiger partial charge in [-0.15, -0.1) is 0 Å². The van der Waals surface area contributed by atoms with E-state index in [2.05, 4.69) is 10.6 Å². The predicted octanol–water partition coefficient (Wildman–Crippen LogP) is 3.73. The van der Waals surface area contributed by atoms with Crippen molar-refractivity contribution in [2.75, 3.05) is 5.32 Å². The van der Waals surface area contributed by atoms with Crippen molar-refractivity contribution in [1.82, 2.24) is 5.32 Å². The molecule has 2 rings (SSSR count). The number of hydrogen-bond donors (Lipinski definition) is 2. The van der Waals surface area contributed by atoms with Crippen molar-refractivity contribution in [2.45, 2.75) is 32.1 Å². The second kappa shape index (κ2) is 6.87. The summed E-state index contributed by atoms with van der Waals surface area (Å²) < 4.78 is 0. The fourth-order valence-electron chi connectivity index (χ4n) is 2.31. The van der Waals surface area contributed by atoms with Crippen LogP contribution in [0.25, 0.3) is 0 Å². The highest BCUT2D eigenvalue weighted by atomic mass is 35.5. The van der Waals surface area contributed by atoms with Crippen molar-refractivity contribution >= 4 is 40.5 Å². The van der Waals surface area contributed by atoms with E-state index in [0.717, 1.165) is 31.4 Å². The van der Waals surface area contributed by atoms with Crippen molar-refractivity contribution in [1.29, 1.82) is 0 Å². The number of halogens is 1. The zero-order valence-corrected chi connectivity index (χ0v) is 12.2. The molecule has 1 aromatic rings. The number of benzene rings is 1. The molecule has 0 radical (unpaired) electrons. The molecule has 3 nitrogen and oxygen atoms in total. The summed E-state index contributed by atoms with van der Waals surface area (Å²) in [4.78, 5) is 12.0. The summed E-state index contributed by atoms with van der Waals surface area (Å²) in [6.07, 6.45) is 5.42. The van der Waals surface area contributed by atoms with Crippen LogP contribution in [0.1, 0.15) is 32.1 Å². The van der Waals surface area contributed by atoms with Crippen LogP contribution in [0.2, 0.25) is 5.02 Å². The second-order valence-electron chi connectivity index (χ2n) is 4.79. The minimum atomic E-state index is 0.0271. The molecular weight excluding hydrogens is 280 g/mol. The molecule has 0 saturated heterocycles. The Morgan fingerprint density at radius 2 is 2.00 bits per heavy atom. The first kappa shape index (κ1) is 14.3. The lowest BCUT2D eigenvalue weighted by atomic mass is 9.89. The van der Waals surface area contributed by atoms with Gasteiger partial charge in [0.05, 0.1) is 0 Å². The van der Waals surface area contributed by atoms with E-state index in [0.29, 0.717) is 10.1 Å². The normalized spacial score (nSPS) is 15.8. The first-order valence-corrected chi connectivity index (χ1v) is 7.31. The number of anilines is 1. The molecule has 0 spiro atoms. The molecule has 19 heavy (non-hydrogen) atoms. The van der Waals surface area contributed by atoms with Crippen molar-refractivity contribution in [3.8, 4) is 0 Å². The van der Waals surface area contributed by atoms with Crippen LogP contribution in [-0.4, -0.2) is 11.0 Å². The fourth-order valence-corrected chi connectivity index (χ4v) is 2.72. The Balaban J connectivity index is 1.85. The number of hydrogen-bond acceptors (Lipinski definition) is 2. The Bertz CT molecular complexity index is 472. The first-order valence-electron chi connectivity index (χ1n) is 6.52. The van der Waals surface area contributed by atoms with Gasteiger partial charge in [-0.3, -0.25) is 4.79 Å². The van der Waals surface area contributed by atoms with E-state index >= 15 is 0 Å². The van der Waals surface area contributed by atoms with Crippen LogP contribution in [0, 0.1) is 5.92 Å². The molecule has 0 unspecified atom stereocenters. The third kappa shape index (κ3) is 4.48. The molecule has 1 saturated carbocycles. The van der Waals surface area contributed by atoms with Crippen molar-refractivity contribution in [2.24, 2.45) is 5.92 Å². The molecule has 1 amide bonds. The zero-order valence-electron chi connectivity index (χ0n) is 10.6. The number of carbonyl (C=O) groups is 1. The largest absolute Gasteiger partial charge is 0.332 e. The monoisotopic (exact) mass is 296 g/mol. The molecule has 0 aliphatic heterocycles. The van der Waals surface area contributed by atoms with E-state index < -0.39 is 0 Å². The van der Waals surface area contributed by atoms with Gasteiger partial charge in [-0.1, -0.05) is 36.9 Å². The predicted molar refractivity (Wildman–Crippen MR) is 82.4 cm³/mol. The molecule has 0 heterocycles. The number of thiocarbonyl (C=S) groups is 1. The van der Waals surface area contributed by atoms with Crippen LogP contribution >= 0.6 is 23.8 Å². The maximum absolute atomic E-state index is 12.0. The Morgan fingerprint density at radius 3 is 2.68 bits per heavy atom. The zero-order chi connectivity index (χ0) is 13.7. The lowest BCUT2D eigenvalue weighted by Crippen LogP contribution is -2.38. The van der Waals surface area contributed by atoms with E-state index in [1.54, 1.807) is 12.1 Å². The van der Waals surface area contributed by atoms with E-state index in [4.69, 9.17) is 23.8 Å². The molecule has 0 atom stereocenters. The summed E-state index contributed by atoms with van der Waals surface area (Å²) in [6.45, 7) is 0. The number of amides is 1. The van der Waals surface area contributed by atoms with Gasteiger partial charge in [-0.05, 0) is 43.3 Å². The smallest absolute Gasteiger partial charge is 0.229 e. The van der Waals surface area contributed by atoms with Gasteiger partial charge in [0.1, 0.15) is 0 Å². The van der Waals surface area contributed by atoms with E-state index in [-0.39, 0.29) is 11.8 Å². The van der Waals surface area contributed by atoms with Gasteiger partial charge in [0.25, 0.3) is 0 Å². The van der Waals surface area contributed by atoms with Crippen LogP contribution in [0.3, 0.4) is 0 Å². The quantitative estimate of drug-likeness (QED) is 0.817. The number of carbonyl (C=O) groups excluding carboxylic acids is 1. The van der Waals surface area contributed by atoms with Crippen LogP contribution in [0.4, 0.5) is 5.69 Å². The van der Waals surface area contributed by atoms with Crippen molar-refractivity contribution in [3.05, 3.63) is 29.3 Å². The minimum absolute atomic E-state index is 0.0271. The van der Waals surface area contributed by atoms with Crippen LogP contribution in [0.5, 0.6) is 0 Å². The number of rotatable bonds is 2. The highest BCUT2D eigenvalue weighted by Crippen LogP contribution is 2.23. The topological polar surface area (TPSA) is 41.1 Å². The summed E-state index contributed by atoms with van der Waals surface area (Å²) in [5.41, 5.74) is 0.779. The Kier molecular flexibility index (Phi) is 5.16. The molecule has 0 aromatic heterocycles. The molecule has 1 fully saturated rings. The molecule has 1 aliphatic carbocycles. The van der Waals surface area contributed by atoms with Gasteiger partial charge >= 0.3 is 0 Å². The van der Waals surface area contributed by atoms with E-state index in [1.807, 2.05) is 12.1 Å². The molecule has 1 aromatic carbocycles. The van der Waals surface area contributed by atoms with E-state index in [1.165, 1.54) is 6.42 Å². The molecule has 102 valence electrons. The highest BCUT2D eigenvalue weighted by molar-refractivity contribution is 7.80. The van der Waals surface area contributed by atoms with Crippen molar-refractivity contribution < 1.29 is 4.79 Å². The molecule has 1 aliphatic rings. The van der Waals surface area contributed by atoms with Gasteiger partial charge in [0.2, 0.25) is 5.91 Å². The van der Waals surface area contributed by atoms with Gasteiger partial charge in [-0.25, -0.2) is 0 Å². The van der Waals surface area contributed by atoms with Gasteiger partial charge in [0, 0.05) is 16.6 Å². The standard InChI is InChI=1S/C14H17ClN2OS/c15-11-7-4-8-12(9-11)16-14(19)17-13(18)10-5-2-1-3-6-10/h4,7-10H,1-3,5-6H2,(H2,16,17,18,19). The summed E-state index contributed by atoms with van der Waals surface area (Å²) >= 11 is 11.0. The van der Waals surface area contributed by atoms with Crippen LogP contribution in [-0.2, 0) is 4.79 Å². The van der Waals surface area contributed by atoms with Crippen LogP contribution < -0.4 is 10.6 Å². The lowest BCUT2D eigenvalue weighted by Gasteiger charge is -2.21. The van der Waals surface area contributed by atoms with Gasteiger partial charge in [0.15, 0.2) is 5.11 Å². The fraction of sp³-hybridized carbons (Fsp3) is 0.429. The summed E-state index contributed by atoms with van der Waals surface area (Å²) in [5, 5.41) is 6.69. The Labute approximate surface area is 123 Å². The van der Waals surface area contributed by atoms with Crippen molar-refractivity contribution in [3.63, 3.8) is 0 Å². The maximum atomic E-state index is 12.0. The third-order valence-corrected chi connectivity index (χ3v) is 3.73. The molecule has 0 bridgehead atoms. The molecule has 5 heteroatoms. The van der Waals surface area contributed by atoms with Gasteiger partial charge < -0.3 is 10.6 Å². The van der Waals surface area contributed by atoms with E-state index in [9.17, 15) is 4.79 Å². The first-order chi connectivity index (χ1) is 9.15. The Hall–Kier alpha value is -1.13. The molecule has 2 N–H and O–H groups in total. The maximum Gasteiger partial charge on any atom is 0.229 e. The minimum Gasteiger partial charge on any atom is -0.332 e. The Morgan fingerprint density at radius 1 is 1.26 bits per heavy atom. The summed E-state index contributed by atoms with van der Waals surface area (Å²) in [7, 11) is 0. The third-order valence-electron chi connectivity index (χ3n) is 3.30. The number of nitrogens with one attached hydrogen (secondary N) is 2.